The summed E-state index contributed by atoms with van der Waals surface area (Å²) in [4.78, 5) is 71.0. The van der Waals surface area contributed by atoms with Crippen molar-refractivity contribution in [2.45, 2.75) is 87.5 Å². The zero-order valence-corrected chi connectivity index (χ0v) is 41.0. The molecule has 3 aliphatic rings. The van der Waals surface area contributed by atoms with Crippen LogP contribution in [0.2, 0.25) is 0 Å². The van der Waals surface area contributed by atoms with Gasteiger partial charge in [0, 0.05) is 21.3 Å². The van der Waals surface area contributed by atoms with Crippen LogP contribution in [0, 0.1) is 0 Å². The van der Waals surface area contributed by atoms with Crippen molar-refractivity contribution in [2.75, 3.05) is 57.9 Å². The lowest BCUT2D eigenvalue weighted by Gasteiger charge is -2.29. The maximum atomic E-state index is 12.5. The van der Waals surface area contributed by atoms with Gasteiger partial charge in [-0.15, -0.1) is 0 Å². The molecule has 6 aromatic heterocycles. The van der Waals surface area contributed by atoms with E-state index in [1.54, 1.807) is 0 Å². The van der Waals surface area contributed by atoms with Crippen molar-refractivity contribution >= 4 is 95.6 Å². The van der Waals surface area contributed by atoms with Crippen LogP contribution < -0.4 is 17.2 Å². The Labute approximate surface area is 411 Å². The van der Waals surface area contributed by atoms with E-state index >= 15 is 0 Å². The summed E-state index contributed by atoms with van der Waals surface area (Å²) >= 11 is 11.0. The number of nitrogens with zero attached hydrogens (tertiary/aromatic N) is 12. The van der Waals surface area contributed by atoms with Gasteiger partial charge in [-0.25, -0.2) is 44.9 Å². The molecule has 11 N–H and O–H groups in total. The maximum Gasteiger partial charge on any atom is 0.327 e. The van der Waals surface area contributed by atoms with Crippen LogP contribution >= 0.6 is 21.0 Å². The molecule has 3 aliphatic heterocycles. The van der Waals surface area contributed by atoms with Crippen molar-refractivity contribution in [1.82, 2.24) is 58.6 Å². The van der Waals surface area contributed by atoms with E-state index in [1.165, 1.54) is 65.9 Å². The SMILES string of the molecule is C.CO[C@H]1[C@@H](OP(O)(=S)OC[C@H]2O[C@@H](n3cnc4c(N)ncnc43)[C@H](OP(O)(=S)OC[C@H]3O[C@@H](n4cnc5c(N)ncnc54)[C@H](O)[C@@H]3O)[C@@H]2OC)[C@H](n2cnc3c(N)ncnc32)O[C@@H]1CCP(=O)(O)OC. The van der Waals surface area contributed by atoms with Gasteiger partial charge in [0.1, 0.15) is 84.4 Å². The number of imidazole rings is 3. The van der Waals surface area contributed by atoms with Gasteiger partial charge in [-0.2, -0.15) is 0 Å². The summed E-state index contributed by atoms with van der Waals surface area (Å²) in [6.07, 6.45) is -7.69. The van der Waals surface area contributed by atoms with Gasteiger partial charge in [0.25, 0.3) is 0 Å². The molecule has 3 unspecified atom stereocenters. The minimum atomic E-state index is -4.38. The Bertz CT molecular complexity index is 3020. The number of rotatable bonds is 19. The zero-order valence-electron chi connectivity index (χ0n) is 36.7. The predicted octanol–water partition coefficient (Wildman–Crippen LogP) is -0.208. The van der Waals surface area contributed by atoms with Gasteiger partial charge in [-0.1, -0.05) is 7.43 Å². The normalized spacial score (nSPS) is 30.4. The zero-order chi connectivity index (χ0) is 49.9. The molecule has 31 nitrogen and oxygen atoms in total. The third-order valence-corrected chi connectivity index (χ3v) is 16.2. The highest BCUT2D eigenvalue weighted by Crippen LogP contribution is 2.54. The highest BCUT2D eigenvalue weighted by molar-refractivity contribution is 8.07. The Morgan fingerprint density at radius 2 is 0.986 bits per heavy atom. The Morgan fingerprint density at radius 1 is 0.592 bits per heavy atom. The standard InChI is InChI=1S/C34H46N15O16P3S2.CH4/c1-56-22-14(4-5-66(52,53)58-3)61-33(48-12-45-18-27(36)39-9-42-30(18)48)24(22)64-68(55,70)60-7-16-23(57-2)25(34(63-16)49-13-46-19-28(37)40-10-43-31(19)49)65-67(54,69)59-6-15-20(50)21(51)32(62-15)47-11-44-17-26(35)38-8-41-29(17)47;/h8-16,20-25,32-34,50-51H,4-7H2,1-3H3,(H,52,53)(H,54,69)(H,55,70)(H2,35,38,41)(H2,36,39,42)(H2,37,40,43);1H4/t14-,15-,16-,20-,21-,22-,23-,24-,25-,32-,33-,34-,67?,68?;/m1./s1. The van der Waals surface area contributed by atoms with Crippen LogP contribution in [0.15, 0.2) is 38.0 Å². The summed E-state index contributed by atoms with van der Waals surface area (Å²) in [7, 11) is -0.245. The van der Waals surface area contributed by atoms with E-state index in [0.29, 0.717) is 0 Å². The van der Waals surface area contributed by atoms with Gasteiger partial charge < -0.3 is 79.3 Å². The molecular weight excluding hydrogens is 1040 g/mol. The molecule has 3 fully saturated rings. The van der Waals surface area contributed by atoms with Crippen LogP contribution in [0.25, 0.3) is 33.5 Å². The quantitative estimate of drug-likeness (QED) is 0.0487. The second-order valence-electron chi connectivity index (χ2n) is 15.8. The summed E-state index contributed by atoms with van der Waals surface area (Å²) < 4.78 is 75.9. The van der Waals surface area contributed by atoms with Crippen LogP contribution in [0.4, 0.5) is 17.5 Å². The first-order chi connectivity index (χ1) is 33.3. The second kappa shape index (κ2) is 21.1. The summed E-state index contributed by atoms with van der Waals surface area (Å²) in [6, 6.07) is 0. The molecule has 388 valence electrons. The number of methoxy groups -OCH3 is 2. The van der Waals surface area contributed by atoms with Crippen LogP contribution in [0.5, 0.6) is 0 Å². The lowest BCUT2D eigenvalue weighted by atomic mass is 10.1. The first-order valence-electron chi connectivity index (χ1n) is 20.7. The minimum Gasteiger partial charge on any atom is -0.387 e. The van der Waals surface area contributed by atoms with Gasteiger partial charge in [0.2, 0.25) is 0 Å². The first-order valence-corrected chi connectivity index (χ1v) is 27.6. The lowest BCUT2D eigenvalue weighted by Crippen LogP contribution is -2.38. The van der Waals surface area contributed by atoms with Gasteiger partial charge in [0.15, 0.2) is 53.1 Å². The molecular formula is C35H50N15O16P3S2. The number of aromatic nitrogens is 12. The van der Waals surface area contributed by atoms with Gasteiger partial charge in [0.05, 0.1) is 44.5 Å². The number of hydrogen-bond acceptors (Lipinski definition) is 27. The molecule has 15 atom stereocenters. The largest absolute Gasteiger partial charge is 0.387 e. The molecule has 71 heavy (non-hydrogen) atoms. The summed E-state index contributed by atoms with van der Waals surface area (Å²) in [6.45, 7) is -9.87. The van der Waals surface area contributed by atoms with Crippen molar-refractivity contribution in [3.8, 4) is 0 Å². The van der Waals surface area contributed by atoms with E-state index in [1.807, 2.05) is 0 Å². The third kappa shape index (κ3) is 10.6. The van der Waals surface area contributed by atoms with Crippen LogP contribution in [-0.2, 0) is 74.5 Å². The first kappa shape index (κ1) is 53.3. The average molecular weight is 1090 g/mol. The highest BCUT2D eigenvalue weighted by atomic mass is 32.5. The number of aliphatic hydroxyl groups is 2. The Balaban J connectivity index is 0.00000676. The molecule has 9 heterocycles. The highest BCUT2D eigenvalue weighted by Gasteiger charge is 2.53. The van der Waals surface area contributed by atoms with E-state index in [2.05, 4.69) is 44.9 Å². The molecule has 0 aliphatic carbocycles. The molecule has 9 rings (SSSR count). The fourth-order valence-corrected chi connectivity index (χ4v) is 12.0. The van der Waals surface area contributed by atoms with Crippen LogP contribution in [-0.4, -0.2) is 179 Å². The molecule has 0 bridgehead atoms. The van der Waals surface area contributed by atoms with Crippen molar-refractivity contribution in [3.63, 3.8) is 0 Å². The van der Waals surface area contributed by atoms with Crippen LogP contribution in [0.1, 0.15) is 32.5 Å². The molecule has 36 heteroatoms. The van der Waals surface area contributed by atoms with E-state index in [4.69, 9.17) is 87.1 Å². The smallest absolute Gasteiger partial charge is 0.327 e. The van der Waals surface area contributed by atoms with E-state index in [0.717, 1.165) is 7.11 Å². The molecule has 0 radical (unpaired) electrons. The van der Waals surface area contributed by atoms with E-state index in [-0.39, 0.29) is 71.0 Å². The van der Waals surface area contributed by atoms with Crippen molar-refractivity contribution in [1.29, 1.82) is 0 Å². The molecule has 0 spiro atoms. The molecule has 0 aromatic carbocycles. The summed E-state index contributed by atoms with van der Waals surface area (Å²) in [5.74, 6) is 0.201. The van der Waals surface area contributed by atoms with Crippen molar-refractivity contribution in [3.05, 3.63) is 38.0 Å². The fourth-order valence-electron chi connectivity index (χ4n) is 8.38. The second-order valence-corrected chi connectivity index (χ2v) is 23.5. The number of nitrogens with two attached hydrogens (primary N) is 3. The Hall–Kier alpha value is -4.02. The average Bonchev–Trinajstić information content (AvgIpc) is 4.19. The topological polar surface area (TPSA) is 419 Å². The summed E-state index contributed by atoms with van der Waals surface area (Å²) in [5, 5.41) is 22.0. The number of nitrogen functional groups attached to an aromatic ring is 3. The Morgan fingerprint density at radius 3 is 1.42 bits per heavy atom. The van der Waals surface area contributed by atoms with Crippen LogP contribution in [0.3, 0.4) is 0 Å². The van der Waals surface area contributed by atoms with Crippen molar-refractivity contribution < 1.29 is 75.8 Å². The number of fused-ring (bicyclic) bond motifs is 3. The molecule has 0 saturated carbocycles. The predicted molar refractivity (Wildman–Crippen MR) is 252 cm³/mol. The Kier molecular flexibility index (Phi) is 15.8. The molecule has 0 amide bonds. The maximum absolute atomic E-state index is 12.5. The number of ether oxygens (including phenoxy) is 5. The van der Waals surface area contributed by atoms with Gasteiger partial charge in [-0.05, 0) is 30.0 Å². The number of anilines is 3. The third-order valence-electron chi connectivity index (χ3n) is 11.7. The minimum absolute atomic E-state index is 0. The fraction of sp³-hybridized carbons (Fsp3) is 0.571. The lowest BCUT2D eigenvalue weighted by molar-refractivity contribution is -0.0591. The van der Waals surface area contributed by atoms with E-state index < -0.39 is 108 Å². The monoisotopic (exact) mass is 1090 g/mol. The van der Waals surface area contributed by atoms with Gasteiger partial charge in [-0.3, -0.25) is 27.3 Å². The number of aliphatic hydroxyl groups excluding tert-OH is 2. The van der Waals surface area contributed by atoms with Gasteiger partial charge >= 0.3 is 21.0 Å². The summed E-state index contributed by atoms with van der Waals surface area (Å²) in [5.41, 5.74) is 19.4. The molecule has 6 aromatic rings. The molecule has 3 saturated heterocycles. The van der Waals surface area contributed by atoms with E-state index in [9.17, 15) is 29.5 Å². The number of hydrogen-bond donors (Lipinski definition) is 8. The van der Waals surface area contributed by atoms with Crippen molar-refractivity contribution in [2.24, 2.45) is 0 Å².